The van der Waals surface area contributed by atoms with Gasteiger partial charge in [-0.15, -0.1) is 0 Å². The second-order valence-corrected chi connectivity index (χ2v) is 6.38. The van der Waals surface area contributed by atoms with E-state index in [1.54, 1.807) is 0 Å². The molecule has 0 unspecified atom stereocenters. The first kappa shape index (κ1) is 13.8. The molecule has 2 saturated heterocycles. The van der Waals surface area contributed by atoms with Gasteiger partial charge in [-0.3, -0.25) is 4.79 Å². The van der Waals surface area contributed by atoms with Gasteiger partial charge in [0.1, 0.15) is 5.58 Å². The van der Waals surface area contributed by atoms with Crippen molar-refractivity contribution in [2.45, 2.75) is 6.04 Å². The summed E-state index contributed by atoms with van der Waals surface area (Å²) in [5, 5.41) is 0.969. The lowest BCUT2D eigenvalue weighted by Gasteiger charge is -2.29. The topological polar surface area (TPSA) is 45.9 Å². The number of ether oxygens (including phenoxy) is 1. The van der Waals surface area contributed by atoms with Gasteiger partial charge in [0.2, 0.25) is 0 Å². The molecule has 2 bridgehead atoms. The van der Waals surface area contributed by atoms with Gasteiger partial charge in [-0.25, -0.2) is 0 Å². The number of amides is 1. The smallest absolute Gasteiger partial charge is 0.289 e. The van der Waals surface area contributed by atoms with Gasteiger partial charge < -0.3 is 19.0 Å². The predicted molar refractivity (Wildman–Crippen MR) is 82.8 cm³/mol. The number of carbonyl (C=O) groups excluding carboxylic acids is 1. The number of fused-ring (bicyclic) bond motifs is 4. The monoisotopic (exact) mass is 300 g/mol. The quantitative estimate of drug-likeness (QED) is 0.806. The van der Waals surface area contributed by atoms with Crippen LogP contribution in [0, 0.1) is 5.92 Å². The van der Waals surface area contributed by atoms with E-state index < -0.39 is 0 Å². The van der Waals surface area contributed by atoms with Crippen molar-refractivity contribution in [3.63, 3.8) is 0 Å². The highest BCUT2D eigenvalue weighted by Gasteiger charge is 2.36. The van der Waals surface area contributed by atoms with Crippen LogP contribution in [0.4, 0.5) is 0 Å². The summed E-state index contributed by atoms with van der Waals surface area (Å²) in [6, 6.07) is 9.67. The molecule has 0 aliphatic carbocycles. The van der Waals surface area contributed by atoms with Crippen LogP contribution in [-0.4, -0.2) is 61.6 Å². The molecule has 2 aliphatic heterocycles. The van der Waals surface area contributed by atoms with Crippen molar-refractivity contribution in [1.82, 2.24) is 9.80 Å². The number of para-hydroxylation sites is 1. The fourth-order valence-corrected chi connectivity index (χ4v) is 3.55. The first-order chi connectivity index (χ1) is 10.7. The lowest BCUT2D eigenvalue weighted by Crippen LogP contribution is -2.45. The maximum Gasteiger partial charge on any atom is 0.289 e. The van der Waals surface area contributed by atoms with Gasteiger partial charge in [0.25, 0.3) is 5.91 Å². The molecular weight excluding hydrogens is 280 g/mol. The van der Waals surface area contributed by atoms with Crippen LogP contribution in [0.1, 0.15) is 10.6 Å². The summed E-state index contributed by atoms with van der Waals surface area (Å²) in [5.41, 5.74) is 0.761. The van der Waals surface area contributed by atoms with E-state index in [-0.39, 0.29) is 11.9 Å². The number of hydrogen-bond acceptors (Lipinski definition) is 4. The van der Waals surface area contributed by atoms with Gasteiger partial charge in [-0.05, 0) is 19.2 Å². The van der Waals surface area contributed by atoms with Crippen LogP contribution in [0.25, 0.3) is 11.0 Å². The number of likely N-dealkylation sites (N-methyl/N-ethyl adjacent to an activating group) is 1. The molecule has 2 fully saturated rings. The van der Waals surface area contributed by atoms with Crippen LogP contribution in [0.5, 0.6) is 0 Å². The third-order valence-electron chi connectivity index (χ3n) is 4.55. The molecule has 116 valence electrons. The second kappa shape index (κ2) is 5.41. The predicted octanol–water partition coefficient (Wildman–Crippen LogP) is 1.84. The Labute approximate surface area is 129 Å². The van der Waals surface area contributed by atoms with Crippen molar-refractivity contribution in [3.8, 4) is 0 Å². The Kier molecular flexibility index (Phi) is 3.39. The molecule has 5 heteroatoms. The van der Waals surface area contributed by atoms with Crippen LogP contribution in [0.15, 0.2) is 34.7 Å². The Morgan fingerprint density at radius 3 is 2.91 bits per heavy atom. The SMILES string of the molecule is CN1C[C@@H]2COC[C@H](C1)N(C(=O)c1cc3ccccc3o1)C2. The molecule has 1 amide bonds. The molecule has 2 aliphatic rings. The van der Waals surface area contributed by atoms with E-state index in [0.29, 0.717) is 18.3 Å². The average molecular weight is 300 g/mol. The van der Waals surface area contributed by atoms with Crippen molar-refractivity contribution in [3.05, 3.63) is 36.1 Å². The Morgan fingerprint density at radius 1 is 1.18 bits per heavy atom. The largest absolute Gasteiger partial charge is 0.451 e. The molecule has 1 aromatic carbocycles. The molecule has 0 saturated carbocycles. The molecule has 0 radical (unpaired) electrons. The number of carbonyl (C=O) groups is 1. The van der Waals surface area contributed by atoms with Crippen molar-refractivity contribution in [2.75, 3.05) is 39.9 Å². The van der Waals surface area contributed by atoms with E-state index in [2.05, 4.69) is 11.9 Å². The van der Waals surface area contributed by atoms with Gasteiger partial charge in [0.15, 0.2) is 5.76 Å². The highest BCUT2D eigenvalue weighted by Crippen LogP contribution is 2.24. The minimum absolute atomic E-state index is 0.0213. The summed E-state index contributed by atoms with van der Waals surface area (Å²) in [6.45, 7) is 3.89. The molecule has 5 nitrogen and oxygen atoms in total. The molecule has 22 heavy (non-hydrogen) atoms. The van der Waals surface area contributed by atoms with Gasteiger partial charge >= 0.3 is 0 Å². The summed E-state index contributed by atoms with van der Waals surface area (Å²) >= 11 is 0. The maximum atomic E-state index is 12.9. The Morgan fingerprint density at radius 2 is 2.05 bits per heavy atom. The Bertz CT molecular complexity index is 663. The number of nitrogens with zero attached hydrogens (tertiary/aromatic N) is 2. The summed E-state index contributed by atoms with van der Waals surface area (Å²) in [5.74, 6) is 0.772. The Balaban J connectivity index is 1.66. The molecule has 2 aromatic rings. The van der Waals surface area contributed by atoms with Crippen molar-refractivity contribution in [2.24, 2.45) is 5.92 Å². The normalized spacial score (nSPS) is 26.1. The number of rotatable bonds is 1. The molecule has 3 heterocycles. The minimum atomic E-state index is -0.0213. The number of furan rings is 1. The van der Waals surface area contributed by atoms with Crippen LogP contribution in [0.3, 0.4) is 0 Å². The van der Waals surface area contributed by atoms with E-state index in [1.807, 2.05) is 35.2 Å². The van der Waals surface area contributed by atoms with E-state index in [1.165, 1.54) is 0 Å². The highest BCUT2D eigenvalue weighted by molar-refractivity contribution is 5.96. The van der Waals surface area contributed by atoms with E-state index in [9.17, 15) is 4.79 Å². The summed E-state index contributed by atoms with van der Waals surface area (Å²) in [4.78, 5) is 17.2. The van der Waals surface area contributed by atoms with Crippen LogP contribution >= 0.6 is 0 Å². The zero-order chi connectivity index (χ0) is 15.1. The van der Waals surface area contributed by atoms with E-state index >= 15 is 0 Å². The van der Waals surface area contributed by atoms with Crippen LogP contribution in [-0.2, 0) is 4.74 Å². The van der Waals surface area contributed by atoms with Gasteiger partial charge in [-0.2, -0.15) is 0 Å². The maximum absolute atomic E-state index is 12.9. The lowest BCUT2D eigenvalue weighted by molar-refractivity contribution is 0.0467. The standard InChI is InChI=1S/C17H20N2O3/c1-18-7-12-8-19(14(9-18)11-21-10-12)17(20)16-6-13-4-2-3-5-15(13)22-16/h2-6,12,14H,7-11H2,1H3/t12-,14-/m0/s1. The lowest BCUT2D eigenvalue weighted by atomic mass is 10.1. The first-order valence-corrected chi connectivity index (χ1v) is 7.76. The van der Waals surface area contributed by atoms with Crippen LogP contribution in [0.2, 0.25) is 0 Å². The third-order valence-corrected chi connectivity index (χ3v) is 4.55. The molecule has 1 aromatic heterocycles. The molecule has 4 rings (SSSR count). The molecule has 0 spiro atoms. The zero-order valence-corrected chi connectivity index (χ0v) is 12.7. The first-order valence-electron chi connectivity index (χ1n) is 7.76. The third kappa shape index (κ3) is 2.40. The fraction of sp³-hybridized carbons (Fsp3) is 0.471. The number of benzene rings is 1. The zero-order valence-electron chi connectivity index (χ0n) is 12.7. The molecular formula is C17H20N2O3. The molecule has 0 N–H and O–H groups in total. The fourth-order valence-electron chi connectivity index (χ4n) is 3.55. The summed E-state index contributed by atoms with van der Waals surface area (Å²) in [6.07, 6.45) is 0. The van der Waals surface area contributed by atoms with Gasteiger partial charge in [0, 0.05) is 30.9 Å². The molecule has 2 atom stereocenters. The van der Waals surface area contributed by atoms with Crippen LogP contribution < -0.4 is 0 Å². The second-order valence-electron chi connectivity index (χ2n) is 6.38. The van der Waals surface area contributed by atoms with Gasteiger partial charge in [0.05, 0.1) is 19.3 Å². The van der Waals surface area contributed by atoms with Crippen molar-refractivity contribution in [1.29, 1.82) is 0 Å². The van der Waals surface area contributed by atoms with Crippen molar-refractivity contribution >= 4 is 16.9 Å². The Hall–Kier alpha value is -1.85. The summed E-state index contributed by atoms with van der Waals surface area (Å²) in [7, 11) is 2.11. The number of hydrogen-bond donors (Lipinski definition) is 0. The minimum Gasteiger partial charge on any atom is -0.451 e. The summed E-state index contributed by atoms with van der Waals surface area (Å²) < 4.78 is 11.5. The van der Waals surface area contributed by atoms with E-state index in [4.69, 9.17) is 9.15 Å². The average Bonchev–Trinajstić information content (AvgIpc) is 2.75. The van der Waals surface area contributed by atoms with Gasteiger partial charge in [-0.1, -0.05) is 18.2 Å². The van der Waals surface area contributed by atoms with Crippen molar-refractivity contribution < 1.29 is 13.9 Å². The highest BCUT2D eigenvalue weighted by atomic mass is 16.5. The van der Waals surface area contributed by atoms with E-state index in [0.717, 1.165) is 37.2 Å².